The summed E-state index contributed by atoms with van der Waals surface area (Å²) in [5.41, 5.74) is 2.71. The molecule has 1 N–H and O–H groups in total. The van der Waals surface area contributed by atoms with Crippen molar-refractivity contribution in [3.8, 4) is 17.2 Å². The molecule has 8 heteroatoms. The van der Waals surface area contributed by atoms with Gasteiger partial charge in [0.2, 0.25) is 11.5 Å². The first-order valence-corrected chi connectivity index (χ1v) is 10.3. The van der Waals surface area contributed by atoms with Gasteiger partial charge in [0.25, 0.3) is 5.91 Å². The Balaban J connectivity index is 1.97. The third-order valence-electron chi connectivity index (χ3n) is 4.95. The number of amides is 1. The summed E-state index contributed by atoms with van der Waals surface area (Å²) in [6, 6.07) is 8.68. The van der Waals surface area contributed by atoms with Crippen LogP contribution in [0.3, 0.4) is 0 Å². The van der Waals surface area contributed by atoms with E-state index in [4.69, 9.17) is 18.9 Å². The van der Waals surface area contributed by atoms with Gasteiger partial charge in [0.1, 0.15) is 6.54 Å². The third kappa shape index (κ3) is 6.00. The van der Waals surface area contributed by atoms with Crippen LogP contribution in [0.4, 0.5) is 0 Å². The molecule has 0 atom stereocenters. The summed E-state index contributed by atoms with van der Waals surface area (Å²) in [6.45, 7) is 3.19. The molecule has 8 nitrogen and oxygen atoms in total. The molecule has 32 heavy (non-hydrogen) atoms. The van der Waals surface area contributed by atoms with Crippen LogP contribution in [0, 0.1) is 0 Å². The lowest BCUT2D eigenvalue weighted by Crippen LogP contribution is -2.31. The van der Waals surface area contributed by atoms with Gasteiger partial charge in [-0.15, -0.1) is 0 Å². The molecule has 0 bridgehead atoms. The van der Waals surface area contributed by atoms with Crippen LogP contribution in [-0.4, -0.2) is 52.1 Å². The van der Waals surface area contributed by atoms with E-state index in [-0.39, 0.29) is 18.0 Å². The van der Waals surface area contributed by atoms with E-state index in [1.807, 2.05) is 32.0 Å². The highest BCUT2D eigenvalue weighted by Crippen LogP contribution is 2.38. The zero-order valence-corrected chi connectivity index (χ0v) is 19.1. The summed E-state index contributed by atoms with van der Waals surface area (Å²) < 4.78 is 20.7. The number of benzene rings is 2. The summed E-state index contributed by atoms with van der Waals surface area (Å²) >= 11 is 0. The van der Waals surface area contributed by atoms with E-state index in [9.17, 15) is 14.4 Å². The topological polar surface area (TPSA) is 100 Å². The van der Waals surface area contributed by atoms with Gasteiger partial charge < -0.3 is 24.3 Å². The lowest BCUT2D eigenvalue weighted by Gasteiger charge is -2.14. The maximum absolute atomic E-state index is 12.6. The van der Waals surface area contributed by atoms with Crippen molar-refractivity contribution in [3.63, 3.8) is 0 Å². The third-order valence-corrected chi connectivity index (χ3v) is 4.95. The molecule has 2 aromatic carbocycles. The van der Waals surface area contributed by atoms with Crippen LogP contribution in [0.1, 0.15) is 45.7 Å². The normalized spacial score (nSPS) is 10.3. The van der Waals surface area contributed by atoms with Crippen LogP contribution in [0.2, 0.25) is 0 Å². The number of hydrogen-bond donors (Lipinski definition) is 1. The Morgan fingerprint density at radius 2 is 1.53 bits per heavy atom. The monoisotopic (exact) mass is 443 g/mol. The SMILES string of the molecule is CCc1ccc(CC)c(C(=O)COC(=O)CNC(=O)c2cc(OC)c(OC)c(OC)c2)c1. The average Bonchev–Trinajstić information content (AvgIpc) is 2.83. The molecule has 0 unspecified atom stereocenters. The summed E-state index contributed by atoms with van der Waals surface area (Å²) in [6.07, 6.45) is 1.50. The largest absolute Gasteiger partial charge is 0.493 e. The number of aryl methyl sites for hydroxylation is 2. The number of carbonyl (C=O) groups is 3. The molecule has 0 radical (unpaired) electrons. The van der Waals surface area contributed by atoms with Crippen LogP contribution in [0.5, 0.6) is 17.2 Å². The molecule has 2 aromatic rings. The van der Waals surface area contributed by atoms with Crippen molar-refractivity contribution < 1.29 is 33.3 Å². The summed E-state index contributed by atoms with van der Waals surface area (Å²) in [4.78, 5) is 37.1. The number of Topliss-reactive ketones (excluding diaryl/α,β-unsaturated/α-hetero) is 1. The fraction of sp³-hybridized carbons (Fsp3) is 0.375. The Morgan fingerprint density at radius 1 is 0.875 bits per heavy atom. The average molecular weight is 443 g/mol. The smallest absolute Gasteiger partial charge is 0.325 e. The zero-order chi connectivity index (χ0) is 23.7. The van der Waals surface area contributed by atoms with Gasteiger partial charge in [0.15, 0.2) is 18.1 Å². The Labute approximate surface area is 187 Å². The van der Waals surface area contributed by atoms with Gasteiger partial charge in [-0.3, -0.25) is 14.4 Å². The van der Waals surface area contributed by atoms with E-state index >= 15 is 0 Å². The fourth-order valence-electron chi connectivity index (χ4n) is 3.15. The van der Waals surface area contributed by atoms with Crippen molar-refractivity contribution in [1.82, 2.24) is 5.32 Å². The van der Waals surface area contributed by atoms with Crippen molar-refractivity contribution in [1.29, 1.82) is 0 Å². The van der Waals surface area contributed by atoms with Crippen LogP contribution in [0.15, 0.2) is 30.3 Å². The number of nitrogens with one attached hydrogen (secondary N) is 1. The quantitative estimate of drug-likeness (QED) is 0.421. The highest BCUT2D eigenvalue weighted by molar-refractivity contribution is 6.00. The molecule has 0 heterocycles. The van der Waals surface area contributed by atoms with Gasteiger partial charge in [-0.25, -0.2) is 0 Å². The molecule has 0 aliphatic carbocycles. The van der Waals surface area contributed by atoms with Gasteiger partial charge in [-0.2, -0.15) is 0 Å². The zero-order valence-electron chi connectivity index (χ0n) is 19.1. The number of carbonyl (C=O) groups excluding carboxylic acids is 3. The first kappa shape index (κ1) is 24.7. The Bertz CT molecular complexity index is 959. The summed E-state index contributed by atoms with van der Waals surface area (Å²) in [5, 5.41) is 2.47. The van der Waals surface area contributed by atoms with E-state index in [1.54, 1.807) is 0 Å². The molecule has 0 aliphatic rings. The van der Waals surface area contributed by atoms with E-state index in [0.717, 1.165) is 17.5 Å². The molecule has 1 amide bonds. The van der Waals surface area contributed by atoms with Crippen LogP contribution in [0.25, 0.3) is 0 Å². The van der Waals surface area contributed by atoms with Crippen LogP contribution in [-0.2, 0) is 22.4 Å². The first-order chi connectivity index (χ1) is 15.4. The first-order valence-electron chi connectivity index (χ1n) is 10.3. The van der Waals surface area contributed by atoms with Crippen LogP contribution >= 0.6 is 0 Å². The highest BCUT2D eigenvalue weighted by Gasteiger charge is 2.18. The molecule has 0 aromatic heterocycles. The summed E-state index contributed by atoms with van der Waals surface area (Å²) in [5.74, 6) is -0.553. The molecular formula is C24H29NO7. The lowest BCUT2D eigenvalue weighted by molar-refractivity contribution is -0.141. The van der Waals surface area contributed by atoms with Crippen molar-refractivity contribution >= 4 is 17.7 Å². The molecule has 172 valence electrons. The molecule has 2 rings (SSSR count). The second-order valence-electron chi connectivity index (χ2n) is 6.88. The summed E-state index contributed by atoms with van der Waals surface area (Å²) in [7, 11) is 4.33. The fourth-order valence-corrected chi connectivity index (χ4v) is 3.15. The van der Waals surface area contributed by atoms with Gasteiger partial charge in [-0.1, -0.05) is 26.0 Å². The Hall–Kier alpha value is -3.55. The van der Waals surface area contributed by atoms with E-state index < -0.39 is 18.4 Å². The molecule has 0 saturated heterocycles. The Morgan fingerprint density at radius 3 is 2.06 bits per heavy atom. The number of rotatable bonds is 11. The van der Waals surface area contributed by atoms with Crippen LogP contribution < -0.4 is 19.5 Å². The minimum absolute atomic E-state index is 0.215. The number of methoxy groups -OCH3 is 3. The Kier molecular flexibility index (Phi) is 9.07. The molecule has 0 aliphatic heterocycles. The minimum Gasteiger partial charge on any atom is -0.493 e. The molecule has 0 spiro atoms. The predicted octanol–water partition coefficient (Wildman–Crippen LogP) is 2.99. The predicted molar refractivity (Wildman–Crippen MR) is 119 cm³/mol. The minimum atomic E-state index is -0.719. The number of esters is 1. The highest BCUT2D eigenvalue weighted by atomic mass is 16.5. The van der Waals surface area contributed by atoms with Crippen molar-refractivity contribution in [2.45, 2.75) is 26.7 Å². The molecule has 0 saturated carbocycles. The number of ketones is 1. The van der Waals surface area contributed by atoms with Crippen molar-refractivity contribution in [2.24, 2.45) is 0 Å². The van der Waals surface area contributed by atoms with Gasteiger partial charge in [-0.05, 0) is 42.2 Å². The van der Waals surface area contributed by atoms with Gasteiger partial charge in [0, 0.05) is 11.1 Å². The standard InChI is InChI=1S/C24H29NO7/c1-6-15-8-9-16(7-2)18(10-15)19(26)14-32-22(27)13-25-24(28)17-11-20(29-3)23(31-5)21(12-17)30-4/h8-12H,6-7,13-14H2,1-5H3,(H,25,28). The van der Waals surface area contributed by atoms with Crippen molar-refractivity contribution in [2.75, 3.05) is 34.5 Å². The second-order valence-corrected chi connectivity index (χ2v) is 6.88. The number of hydrogen-bond acceptors (Lipinski definition) is 7. The lowest BCUT2D eigenvalue weighted by atomic mass is 9.98. The van der Waals surface area contributed by atoms with Crippen molar-refractivity contribution in [3.05, 3.63) is 52.6 Å². The maximum Gasteiger partial charge on any atom is 0.325 e. The number of ether oxygens (including phenoxy) is 4. The molecule has 0 fully saturated rings. The van der Waals surface area contributed by atoms with Gasteiger partial charge >= 0.3 is 5.97 Å². The van der Waals surface area contributed by atoms with E-state index in [2.05, 4.69) is 5.32 Å². The second kappa shape index (κ2) is 11.7. The van der Waals surface area contributed by atoms with E-state index in [1.165, 1.54) is 33.5 Å². The van der Waals surface area contributed by atoms with Gasteiger partial charge in [0.05, 0.1) is 21.3 Å². The molecular weight excluding hydrogens is 414 g/mol. The maximum atomic E-state index is 12.6. The van der Waals surface area contributed by atoms with E-state index in [0.29, 0.717) is 29.2 Å².